The SMILES string of the molecule is CCCNCN(C)C(=O)OCc1ccc([N+](=O)[O-])cc1. The number of rotatable bonds is 7. The number of amides is 1. The average Bonchev–Trinajstić information content (AvgIpc) is 2.45. The van der Waals surface area contributed by atoms with Crippen LogP contribution in [0.1, 0.15) is 18.9 Å². The van der Waals surface area contributed by atoms with E-state index in [1.54, 1.807) is 19.2 Å². The van der Waals surface area contributed by atoms with Gasteiger partial charge in [0, 0.05) is 19.2 Å². The fourth-order valence-electron chi connectivity index (χ4n) is 1.46. The van der Waals surface area contributed by atoms with Gasteiger partial charge in [0.25, 0.3) is 5.69 Å². The monoisotopic (exact) mass is 281 g/mol. The molecule has 0 aliphatic rings. The number of nitro benzene ring substituents is 1. The van der Waals surface area contributed by atoms with Gasteiger partial charge < -0.3 is 4.74 Å². The Balaban J connectivity index is 2.38. The van der Waals surface area contributed by atoms with Crippen LogP contribution in [0.5, 0.6) is 0 Å². The van der Waals surface area contributed by atoms with E-state index in [1.165, 1.54) is 17.0 Å². The van der Waals surface area contributed by atoms with Crippen molar-refractivity contribution in [2.75, 3.05) is 20.3 Å². The number of nitrogens with one attached hydrogen (secondary N) is 1. The maximum Gasteiger partial charge on any atom is 0.410 e. The maximum atomic E-state index is 11.6. The number of non-ortho nitro benzene ring substituents is 1. The van der Waals surface area contributed by atoms with E-state index < -0.39 is 11.0 Å². The minimum atomic E-state index is -0.469. The molecule has 0 fully saturated rings. The summed E-state index contributed by atoms with van der Waals surface area (Å²) >= 11 is 0. The molecule has 0 aliphatic heterocycles. The van der Waals surface area contributed by atoms with Crippen molar-refractivity contribution in [2.45, 2.75) is 20.0 Å². The smallest absolute Gasteiger partial charge is 0.410 e. The van der Waals surface area contributed by atoms with E-state index in [0.717, 1.165) is 13.0 Å². The molecule has 1 amide bonds. The minimum absolute atomic E-state index is 0.0148. The zero-order chi connectivity index (χ0) is 15.0. The largest absolute Gasteiger partial charge is 0.445 e. The lowest BCUT2D eigenvalue weighted by Crippen LogP contribution is -2.36. The second-order valence-corrected chi connectivity index (χ2v) is 4.33. The molecule has 0 bridgehead atoms. The Bertz CT molecular complexity index is 447. The molecular formula is C13H19N3O4. The van der Waals surface area contributed by atoms with Crippen LogP contribution < -0.4 is 5.32 Å². The van der Waals surface area contributed by atoms with Gasteiger partial charge in [-0.2, -0.15) is 0 Å². The van der Waals surface area contributed by atoms with E-state index in [1.807, 2.05) is 6.92 Å². The van der Waals surface area contributed by atoms with Gasteiger partial charge in [0.1, 0.15) is 6.61 Å². The Kier molecular flexibility index (Phi) is 6.45. The molecule has 0 unspecified atom stereocenters. The number of ether oxygens (including phenoxy) is 1. The van der Waals surface area contributed by atoms with Crippen molar-refractivity contribution in [3.8, 4) is 0 Å². The molecule has 0 aromatic heterocycles. The van der Waals surface area contributed by atoms with Crippen LogP contribution in [0.15, 0.2) is 24.3 Å². The predicted molar refractivity (Wildman–Crippen MR) is 74.2 cm³/mol. The van der Waals surface area contributed by atoms with Gasteiger partial charge in [0.15, 0.2) is 0 Å². The minimum Gasteiger partial charge on any atom is -0.445 e. The predicted octanol–water partition coefficient (Wildman–Crippen LogP) is 2.12. The van der Waals surface area contributed by atoms with Crippen molar-refractivity contribution in [1.82, 2.24) is 10.2 Å². The second kappa shape index (κ2) is 8.11. The zero-order valence-electron chi connectivity index (χ0n) is 11.7. The summed E-state index contributed by atoms with van der Waals surface area (Å²) < 4.78 is 5.10. The van der Waals surface area contributed by atoms with Gasteiger partial charge in [-0.15, -0.1) is 0 Å². The van der Waals surface area contributed by atoms with Gasteiger partial charge in [-0.3, -0.25) is 20.3 Å². The Morgan fingerprint density at radius 1 is 1.40 bits per heavy atom. The normalized spacial score (nSPS) is 10.1. The molecule has 1 aromatic rings. The molecular weight excluding hydrogens is 262 g/mol. The number of carbonyl (C=O) groups is 1. The fraction of sp³-hybridized carbons (Fsp3) is 0.462. The summed E-state index contributed by atoms with van der Waals surface area (Å²) in [5, 5.41) is 13.6. The third-order valence-corrected chi connectivity index (χ3v) is 2.60. The summed E-state index contributed by atoms with van der Waals surface area (Å²) in [6, 6.07) is 5.91. The molecule has 0 atom stereocenters. The molecule has 1 aromatic carbocycles. The lowest BCUT2D eigenvalue weighted by Gasteiger charge is -2.17. The highest BCUT2D eigenvalue weighted by atomic mass is 16.6. The zero-order valence-corrected chi connectivity index (χ0v) is 11.7. The number of hydrogen-bond donors (Lipinski definition) is 1. The molecule has 0 saturated heterocycles. The number of hydrogen-bond acceptors (Lipinski definition) is 5. The quantitative estimate of drug-likeness (QED) is 0.358. The van der Waals surface area contributed by atoms with Crippen molar-refractivity contribution in [1.29, 1.82) is 0 Å². The van der Waals surface area contributed by atoms with E-state index in [0.29, 0.717) is 12.2 Å². The first-order valence-electron chi connectivity index (χ1n) is 6.36. The Morgan fingerprint density at radius 2 is 2.05 bits per heavy atom. The van der Waals surface area contributed by atoms with Crippen molar-refractivity contribution in [2.24, 2.45) is 0 Å². The standard InChI is InChI=1S/C13H19N3O4/c1-3-8-14-10-15(2)13(17)20-9-11-4-6-12(7-5-11)16(18)19/h4-7,14H,3,8-10H2,1-2H3. The number of nitrogens with zero attached hydrogens (tertiary/aromatic N) is 2. The van der Waals surface area contributed by atoms with Crippen LogP contribution in [-0.4, -0.2) is 36.2 Å². The summed E-state index contributed by atoms with van der Waals surface area (Å²) in [5.74, 6) is 0. The number of carbonyl (C=O) groups excluding carboxylic acids is 1. The molecule has 0 saturated carbocycles. The summed E-state index contributed by atoms with van der Waals surface area (Å²) in [6.07, 6.45) is 0.554. The highest BCUT2D eigenvalue weighted by Gasteiger charge is 2.10. The van der Waals surface area contributed by atoms with E-state index in [2.05, 4.69) is 5.32 Å². The average molecular weight is 281 g/mol. The number of nitro groups is 1. The van der Waals surface area contributed by atoms with Gasteiger partial charge in [-0.05, 0) is 30.7 Å². The molecule has 7 heteroatoms. The van der Waals surface area contributed by atoms with E-state index in [9.17, 15) is 14.9 Å². The summed E-state index contributed by atoms with van der Waals surface area (Å²) in [5.41, 5.74) is 0.722. The van der Waals surface area contributed by atoms with Crippen LogP contribution >= 0.6 is 0 Å². The molecule has 7 nitrogen and oxygen atoms in total. The van der Waals surface area contributed by atoms with Crippen molar-refractivity contribution < 1.29 is 14.5 Å². The van der Waals surface area contributed by atoms with Gasteiger partial charge in [0.2, 0.25) is 0 Å². The highest BCUT2D eigenvalue weighted by molar-refractivity contribution is 5.67. The Labute approximate surface area is 117 Å². The molecule has 0 aliphatic carbocycles. The van der Waals surface area contributed by atoms with Crippen LogP contribution in [0, 0.1) is 10.1 Å². The molecule has 0 spiro atoms. The third-order valence-electron chi connectivity index (χ3n) is 2.60. The summed E-state index contributed by atoms with van der Waals surface area (Å²) in [6.45, 7) is 3.39. The molecule has 110 valence electrons. The first-order chi connectivity index (χ1) is 9.54. The van der Waals surface area contributed by atoms with Gasteiger partial charge in [-0.1, -0.05) is 6.92 Å². The van der Waals surface area contributed by atoms with Crippen LogP contribution in [0.3, 0.4) is 0 Å². The number of benzene rings is 1. The second-order valence-electron chi connectivity index (χ2n) is 4.33. The van der Waals surface area contributed by atoms with Gasteiger partial charge in [0.05, 0.1) is 11.6 Å². The molecule has 0 radical (unpaired) electrons. The van der Waals surface area contributed by atoms with Crippen molar-refractivity contribution in [3.63, 3.8) is 0 Å². The Hall–Kier alpha value is -2.15. The highest BCUT2D eigenvalue weighted by Crippen LogP contribution is 2.12. The third kappa shape index (κ3) is 5.23. The van der Waals surface area contributed by atoms with E-state index >= 15 is 0 Å². The molecule has 0 heterocycles. The van der Waals surface area contributed by atoms with Crippen LogP contribution in [0.25, 0.3) is 0 Å². The first kappa shape index (κ1) is 15.9. The van der Waals surface area contributed by atoms with Crippen LogP contribution in [0.4, 0.5) is 10.5 Å². The lowest BCUT2D eigenvalue weighted by atomic mass is 10.2. The first-order valence-corrected chi connectivity index (χ1v) is 6.36. The summed E-state index contributed by atoms with van der Waals surface area (Å²) in [7, 11) is 1.64. The van der Waals surface area contributed by atoms with Crippen molar-refractivity contribution in [3.05, 3.63) is 39.9 Å². The summed E-state index contributed by atoms with van der Waals surface area (Å²) in [4.78, 5) is 23.1. The molecule has 1 rings (SSSR count). The maximum absolute atomic E-state index is 11.6. The van der Waals surface area contributed by atoms with E-state index in [4.69, 9.17) is 4.74 Å². The van der Waals surface area contributed by atoms with Crippen LogP contribution in [0.2, 0.25) is 0 Å². The van der Waals surface area contributed by atoms with E-state index in [-0.39, 0.29) is 12.3 Å². The Morgan fingerprint density at radius 3 is 2.60 bits per heavy atom. The van der Waals surface area contributed by atoms with Crippen LogP contribution in [-0.2, 0) is 11.3 Å². The topological polar surface area (TPSA) is 84.7 Å². The molecule has 1 N–H and O–H groups in total. The lowest BCUT2D eigenvalue weighted by molar-refractivity contribution is -0.384. The molecule has 20 heavy (non-hydrogen) atoms. The van der Waals surface area contributed by atoms with Gasteiger partial charge >= 0.3 is 6.09 Å². The van der Waals surface area contributed by atoms with Gasteiger partial charge in [-0.25, -0.2) is 4.79 Å². The van der Waals surface area contributed by atoms with Crippen molar-refractivity contribution >= 4 is 11.8 Å². The fourth-order valence-corrected chi connectivity index (χ4v) is 1.46.